The van der Waals surface area contributed by atoms with Crippen LogP contribution in [0.2, 0.25) is 0 Å². The lowest BCUT2D eigenvalue weighted by atomic mass is 9.70. The van der Waals surface area contributed by atoms with Crippen molar-refractivity contribution in [3.8, 4) is 11.3 Å². The van der Waals surface area contributed by atoms with E-state index in [-0.39, 0.29) is 23.8 Å². The summed E-state index contributed by atoms with van der Waals surface area (Å²) in [4.78, 5) is 32.3. The monoisotopic (exact) mass is 512 g/mol. The maximum atomic E-state index is 14.0. The molecule has 1 amide bonds. The Morgan fingerprint density at radius 2 is 1.86 bits per heavy atom. The van der Waals surface area contributed by atoms with E-state index < -0.39 is 11.6 Å². The fraction of sp³-hybridized carbons (Fsp3) is 0.250. The summed E-state index contributed by atoms with van der Waals surface area (Å²) in [6, 6.07) is 15.5. The Labute approximate surface area is 218 Å². The minimum atomic E-state index is -1.53. The van der Waals surface area contributed by atoms with Crippen molar-refractivity contribution < 1.29 is 9.59 Å². The highest BCUT2D eigenvalue weighted by molar-refractivity contribution is 7.21. The second kappa shape index (κ2) is 8.74. The average Bonchev–Trinajstić information content (AvgIpc) is 3.52. The van der Waals surface area contributed by atoms with E-state index in [1.54, 1.807) is 24.4 Å². The molecule has 0 bridgehead atoms. The third-order valence-electron chi connectivity index (χ3n) is 7.69. The molecule has 1 fully saturated rings. The Morgan fingerprint density at radius 1 is 1.08 bits per heavy atom. The van der Waals surface area contributed by atoms with Gasteiger partial charge in [0.25, 0.3) is 5.91 Å². The molecule has 2 heterocycles. The molecule has 9 heteroatoms. The van der Waals surface area contributed by atoms with Gasteiger partial charge in [-0.15, -0.1) is 11.3 Å². The topological polar surface area (TPSA) is 163 Å². The molecule has 2 unspecified atom stereocenters. The first-order chi connectivity index (χ1) is 17.8. The molecule has 37 heavy (non-hydrogen) atoms. The number of Topliss-reactive ketones (excluding diaryl/α,β-unsaturated/α-hetero) is 1. The van der Waals surface area contributed by atoms with Gasteiger partial charge in [-0.3, -0.25) is 14.6 Å². The molecule has 8 nitrogen and oxygen atoms in total. The number of nitrogen functional groups attached to an aromatic ring is 1. The second-order valence-corrected chi connectivity index (χ2v) is 10.9. The maximum absolute atomic E-state index is 14.0. The van der Waals surface area contributed by atoms with E-state index in [2.05, 4.69) is 10.3 Å². The van der Waals surface area contributed by atoms with Gasteiger partial charge in [0.2, 0.25) is 0 Å². The van der Waals surface area contributed by atoms with Crippen LogP contribution in [0.25, 0.3) is 21.3 Å². The highest BCUT2D eigenvalue weighted by Gasteiger charge is 2.49. The van der Waals surface area contributed by atoms with Crippen LogP contribution in [0.1, 0.15) is 51.7 Å². The van der Waals surface area contributed by atoms with Crippen LogP contribution in [0.4, 0.5) is 5.69 Å². The van der Waals surface area contributed by atoms with Crippen LogP contribution in [-0.2, 0) is 10.3 Å². The van der Waals surface area contributed by atoms with Crippen molar-refractivity contribution in [3.63, 3.8) is 0 Å². The molecule has 4 atom stereocenters. The van der Waals surface area contributed by atoms with Gasteiger partial charge in [-0.05, 0) is 48.6 Å². The van der Waals surface area contributed by atoms with Gasteiger partial charge in [0.15, 0.2) is 5.78 Å². The molecule has 4 aromatic rings. The molecule has 188 valence electrons. The van der Waals surface area contributed by atoms with E-state index in [0.717, 1.165) is 24.8 Å². The summed E-state index contributed by atoms with van der Waals surface area (Å²) in [6.07, 6.45) is 4.30. The Balaban J connectivity index is 1.52. The van der Waals surface area contributed by atoms with Crippen LogP contribution in [0.3, 0.4) is 0 Å². The minimum Gasteiger partial charge on any atom is -0.398 e. The van der Waals surface area contributed by atoms with Crippen molar-refractivity contribution in [2.45, 2.75) is 42.9 Å². The smallest absolute Gasteiger partial charge is 0.262 e. The van der Waals surface area contributed by atoms with Gasteiger partial charge in [0, 0.05) is 40.5 Å². The second-order valence-electron chi connectivity index (χ2n) is 9.87. The highest BCUT2D eigenvalue weighted by atomic mass is 32.1. The number of nitrogens with one attached hydrogen (secondary N) is 1. The molecule has 0 saturated heterocycles. The summed E-state index contributed by atoms with van der Waals surface area (Å²) >= 11 is 1.25. The zero-order valence-corrected chi connectivity index (χ0v) is 20.9. The molecular formula is C28H28N6O2S. The van der Waals surface area contributed by atoms with Crippen molar-refractivity contribution in [2.24, 2.45) is 17.2 Å². The molecule has 0 aliphatic heterocycles. The lowest BCUT2D eigenvalue weighted by molar-refractivity contribution is -0.124. The third-order valence-corrected chi connectivity index (χ3v) is 8.94. The summed E-state index contributed by atoms with van der Waals surface area (Å²) in [5, 5.41) is 3.74. The van der Waals surface area contributed by atoms with Gasteiger partial charge in [0.05, 0.1) is 21.3 Å². The van der Waals surface area contributed by atoms with Gasteiger partial charge in [-0.25, -0.2) is 0 Å². The van der Waals surface area contributed by atoms with Crippen LogP contribution < -0.4 is 28.3 Å². The Kier molecular flexibility index (Phi) is 5.61. The maximum Gasteiger partial charge on any atom is 0.262 e. The number of carbonyl (C=O) groups excluding carboxylic acids is 2. The summed E-state index contributed by atoms with van der Waals surface area (Å²) in [5.74, 6) is -0.673. The molecule has 2 aromatic heterocycles. The Bertz CT molecular complexity index is 1550. The quantitative estimate of drug-likeness (QED) is 0.262. The first-order valence-electron chi connectivity index (χ1n) is 12.3. The van der Waals surface area contributed by atoms with Gasteiger partial charge in [0.1, 0.15) is 5.54 Å². The van der Waals surface area contributed by atoms with E-state index >= 15 is 0 Å². The number of aromatic nitrogens is 1. The van der Waals surface area contributed by atoms with Crippen molar-refractivity contribution in [1.82, 2.24) is 10.3 Å². The Hall–Kier alpha value is -3.63. The number of nitrogens with zero attached hydrogens (tertiary/aromatic N) is 1. The predicted molar refractivity (Wildman–Crippen MR) is 146 cm³/mol. The van der Waals surface area contributed by atoms with Gasteiger partial charge < -0.3 is 28.3 Å². The van der Waals surface area contributed by atoms with Crippen molar-refractivity contribution in [3.05, 3.63) is 82.4 Å². The van der Waals surface area contributed by atoms with E-state index in [1.165, 1.54) is 11.3 Å². The minimum absolute atomic E-state index is 0.0900. The SMILES string of the molecule is Nc1ccc2c3c(c(C(=O)N[C@H]4CCC[C@H]4N)sc13)C(N)C(=O)C2(N)c1ccnc(-c2ccccc2)c1. The van der Waals surface area contributed by atoms with Crippen molar-refractivity contribution in [2.75, 3.05) is 5.73 Å². The molecular weight excluding hydrogens is 484 g/mol. The molecule has 9 N–H and O–H groups in total. The average molecular weight is 513 g/mol. The predicted octanol–water partition coefficient (Wildman–Crippen LogP) is 2.94. The number of amides is 1. The summed E-state index contributed by atoms with van der Waals surface area (Å²) in [7, 11) is 0. The number of ketones is 1. The fourth-order valence-corrected chi connectivity index (χ4v) is 6.89. The molecule has 6 rings (SSSR count). The van der Waals surface area contributed by atoms with Gasteiger partial charge in [-0.2, -0.15) is 0 Å². The lowest BCUT2D eigenvalue weighted by Crippen LogP contribution is -2.52. The van der Waals surface area contributed by atoms with Gasteiger partial charge in [-0.1, -0.05) is 36.4 Å². The molecule has 2 aliphatic carbocycles. The number of benzene rings is 2. The normalized spacial score (nSPS) is 24.9. The molecule has 1 saturated carbocycles. The Morgan fingerprint density at radius 3 is 2.59 bits per heavy atom. The fourth-order valence-electron chi connectivity index (χ4n) is 5.69. The number of anilines is 1. The van der Waals surface area contributed by atoms with E-state index in [9.17, 15) is 9.59 Å². The largest absolute Gasteiger partial charge is 0.398 e. The lowest BCUT2D eigenvalue weighted by Gasteiger charge is -2.36. The van der Waals surface area contributed by atoms with Crippen molar-refractivity contribution in [1.29, 1.82) is 0 Å². The zero-order valence-electron chi connectivity index (χ0n) is 20.1. The first kappa shape index (κ1) is 23.7. The van der Waals surface area contributed by atoms with Crippen LogP contribution in [0.15, 0.2) is 60.8 Å². The van der Waals surface area contributed by atoms with E-state index in [0.29, 0.717) is 43.0 Å². The molecule has 2 aliphatic rings. The molecule has 0 spiro atoms. The number of pyridine rings is 1. The van der Waals surface area contributed by atoms with E-state index in [4.69, 9.17) is 22.9 Å². The number of carbonyl (C=O) groups is 2. The standard InChI is InChI=1S/C28H28N6O2S/c29-17-7-4-8-19(17)34-27(36)25-22-21-16(9-10-18(30)24(21)37-25)28(32,26(35)23(22)31)15-11-12-33-20(13-15)14-5-2-1-3-6-14/h1-3,5-6,9-13,17,19,23H,4,7-8,29-32H2,(H,34,36)/t17-,19+,23?,28?/m1/s1. The third kappa shape index (κ3) is 3.58. The molecule has 0 radical (unpaired) electrons. The van der Waals surface area contributed by atoms with Crippen LogP contribution in [0.5, 0.6) is 0 Å². The highest BCUT2D eigenvalue weighted by Crippen LogP contribution is 2.49. The number of hydrogen-bond donors (Lipinski definition) is 5. The van der Waals surface area contributed by atoms with Crippen LogP contribution in [0, 0.1) is 0 Å². The van der Waals surface area contributed by atoms with E-state index in [1.807, 2.05) is 36.4 Å². The first-order valence-corrected chi connectivity index (χ1v) is 13.1. The van der Waals surface area contributed by atoms with Crippen LogP contribution >= 0.6 is 11.3 Å². The summed E-state index contributed by atoms with van der Waals surface area (Å²) in [5.41, 5.74) is 28.4. The summed E-state index contributed by atoms with van der Waals surface area (Å²) < 4.78 is 0.698. The number of nitrogens with two attached hydrogens (primary N) is 4. The molecule has 2 aromatic carbocycles. The summed E-state index contributed by atoms with van der Waals surface area (Å²) in [6.45, 7) is 0. The number of rotatable bonds is 4. The number of thiophene rings is 1. The van der Waals surface area contributed by atoms with Crippen molar-refractivity contribution >= 4 is 38.8 Å². The van der Waals surface area contributed by atoms with Gasteiger partial charge >= 0.3 is 0 Å². The number of hydrogen-bond acceptors (Lipinski definition) is 8. The zero-order chi connectivity index (χ0) is 25.9. The van der Waals surface area contributed by atoms with Crippen LogP contribution in [-0.4, -0.2) is 28.8 Å².